The highest BCUT2D eigenvalue weighted by Crippen LogP contribution is 2.17. The maximum Gasteiger partial charge on any atom is 0.119 e. The number of nitrogens with two attached hydrogens (primary N) is 1. The normalized spacial score (nSPS) is 12.5. The summed E-state index contributed by atoms with van der Waals surface area (Å²) in [7, 11) is 0. The van der Waals surface area contributed by atoms with E-state index in [2.05, 4.69) is 19.1 Å². The predicted molar refractivity (Wildman–Crippen MR) is 76.5 cm³/mol. The summed E-state index contributed by atoms with van der Waals surface area (Å²) in [6.07, 6.45) is 2.02. The van der Waals surface area contributed by atoms with E-state index in [1.165, 1.54) is 5.56 Å². The first-order valence-corrected chi connectivity index (χ1v) is 6.42. The Morgan fingerprint density at radius 2 is 1.82 bits per heavy atom. The Labute approximate surface area is 109 Å². The minimum Gasteiger partial charge on any atom is -0.491 e. The Morgan fingerprint density at radius 1 is 1.24 bits per heavy atom. The third-order valence-electron chi connectivity index (χ3n) is 2.43. The molecule has 0 fully saturated rings. The number of rotatable bonds is 6. The molecule has 0 aliphatic carbocycles. The Bertz CT molecular complexity index is 359. The maximum absolute atomic E-state index is 5.60. The van der Waals surface area contributed by atoms with Crippen LogP contribution in [-0.4, -0.2) is 11.1 Å². The average Bonchev–Trinajstić information content (AvgIpc) is 2.18. The Morgan fingerprint density at radius 3 is 2.29 bits per heavy atom. The Hall–Kier alpha value is -1.09. The molecule has 0 heterocycles. The molecule has 0 aromatic heterocycles. The lowest BCUT2D eigenvalue weighted by Gasteiger charge is -2.12. The summed E-state index contributed by atoms with van der Waals surface area (Å²) >= 11 is 4.91. The van der Waals surface area contributed by atoms with Gasteiger partial charge in [-0.3, -0.25) is 0 Å². The van der Waals surface area contributed by atoms with Crippen molar-refractivity contribution < 1.29 is 4.74 Å². The van der Waals surface area contributed by atoms with Crippen LogP contribution in [0.2, 0.25) is 0 Å². The number of thiocarbonyl (C=S) groups is 1. The minimum absolute atomic E-state index is 0.217. The third-order valence-corrected chi connectivity index (χ3v) is 2.60. The van der Waals surface area contributed by atoms with Gasteiger partial charge in [0.05, 0.1) is 11.1 Å². The SMILES string of the molecule is CC(CC(N)=S)Cc1ccc(OC(C)C)cc1. The van der Waals surface area contributed by atoms with E-state index in [4.69, 9.17) is 22.7 Å². The van der Waals surface area contributed by atoms with Crippen molar-refractivity contribution >= 4 is 17.2 Å². The zero-order valence-corrected chi connectivity index (χ0v) is 11.6. The van der Waals surface area contributed by atoms with Gasteiger partial charge in [-0.15, -0.1) is 0 Å². The van der Waals surface area contributed by atoms with Crippen LogP contribution in [-0.2, 0) is 6.42 Å². The lowest BCUT2D eigenvalue weighted by molar-refractivity contribution is 0.242. The van der Waals surface area contributed by atoms with Gasteiger partial charge in [0, 0.05) is 6.42 Å². The third kappa shape index (κ3) is 5.68. The van der Waals surface area contributed by atoms with E-state index in [0.717, 1.165) is 18.6 Å². The largest absolute Gasteiger partial charge is 0.491 e. The molecule has 0 aliphatic heterocycles. The number of ether oxygens (including phenoxy) is 1. The molecule has 3 heteroatoms. The van der Waals surface area contributed by atoms with Crippen LogP contribution in [0.4, 0.5) is 0 Å². The summed E-state index contributed by atoms with van der Waals surface area (Å²) in [4.78, 5) is 0.595. The van der Waals surface area contributed by atoms with Gasteiger partial charge in [-0.05, 0) is 43.9 Å². The lowest BCUT2D eigenvalue weighted by Crippen LogP contribution is -2.13. The molecule has 0 aliphatic rings. The van der Waals surface area contributed by atoms with Gasteiger partial charge in [-0.25, -0.2) is 0 Å². The summed E-state index contributed by atoms with van der Waals surface area (Å²) in [6.45, 7) is 6.22. The van der Waals surface area contributed by atoms with Crippen LogP contribution in [0.3, 0.4) is 0 Å². The molecule has 1 aromatic carbocycles. The van der Waals surface area contributed by atoms with Crippen molar-refractivity contribution in [3.63, 3.8) is 0 Å². The highest BCUT2D eigenvalue weighted by atomic mass is 32.1. The first kappa shape index (κ1) is 14.0. The molecule has 2 N–H and O–H groups in total. The topological polar surface area (TPSA) is 35.2 Å². The summed E-state index contributed by atoms with van der Waals surface area (Å²) < 4.78 is 5.60. The van der Waals surface area contributed by atoms with Crippen molar-refractivity contribution in [1.29, 1.82) is 0 Å². The molecule has 0 radical (unpaired) electrons. The fourth-order valence-electron chi connectivity index (χ4n) is 1.79. The lowest BCUT2D eigenvalue weighted by atomic mass is 9.98. The van der Waals surface area contributed by atoms with Gasteiger partial charge < -0.3 is 10.5 Å². The van der Waals surface area contributed by atoms with E-state index in [1.54, 1.807) is 0 Å². The second-order valence-corrected chi connectivity index (χ2v) is 5.31. The predicted octanol–water partition coefficient (Wildman–Crippen LogP) is 3.33. The standard InChI is InChI=1S/C14H21NOS/c1-10(2)16-13-6-4-12(5-7-13)8-11(3)9-14(15)17/h4-7,10-11H,8-9H2,1-3H3,(H2,15,17). The van der Waals surface area contributed by atoms with Crippen LogP contribution in [0.25, 0.3) is 0 Å². The van der Waals surface area contributed by atoms with Crippen LogP contribution in [0, 0.1) is 5.92 Å². The van der Waals surface area contributed by atoms with Gasteiger partial charge in [0.25, 0.3) is 0 Å². The molecule has 0 saturated heterocycles. The molecular weight excluding hydrogens is 230 g/mol. The number of benzene rings is 1. The van der Waals surface area contributed by atoms with Crippen LogP contribution < -0.4 is 10.5 Å². The summed E-state index contributed by atoms with van der Waals surface area (Å²) in [6, 6.07) is 8.24. The molecule has 17 heavy (non-hydrogen) atoms. The van der Waals surface area contributed by atoms with E-state index < -0.39 is 0 Å². The maximum atomic E-state index is 5.60. The Kier molecular flexibility index (Phi) is 5.42. The van der Waals surface area contributed by atoms with Gasteiger partial charge in [-0.1, -0.05) is 31.3 Å². The van der Waals surface area contributed by atoms with Crippen LogP contribution in [0.15, 0.2) is 24.3 Å². The average molecular weight is 251 g/mol. The second-order valence-electron chi connectivity index (χ2n) is 4.79. The summed E-state index contributed by atoms with van der Waals surface area (Å²) in [5.74, 6) is 1.41. The molecule has 0 saturated carbocycles. The number of hydrogen-bond donors (Lipinski definition) is 1. The van der Waals surface area contributed by atoms with Gasteiger partial charge in [0.15, 0.2) is 0 Å². The van der Waals surface area contributed by atoms with Gasteiger partial charge >= 0.3 is 0 Å². The van der Waals surface area contributed by atoms with E-state index in [1.807, 2.05) is 26.0 Å². The monoisotopic (exact) mass is 251 g/mol. The Balaban J connectivity index is 2.53. The zero-order valence-electron chi connectivity index (χ0n) is 10.8. The molecule has 2 nitrogen and oxygen atoms in total. The molecule has 94 valence electrons. The van der Waals surface area contributed by atoms with Crippen LogP contribution >= 0.6 is 12.2 Å². The first-order chi connectivity index (χ1) is 7.97. The van der Waals surface area contributed by atoms with Crippen molar-refractivity contribution in [2.75, 3.05) is 0 Å². The molecular formula is C14H21NOS. The van der Waals surface area contributed by atoms with Gasteiger partial charge in [-0.2, -0.15) is 0 Å². The van der Waals surface area contributed by atoms with Gasteiger partial charge in [0.1, 0.15) is 5.75 Å². The molecule has 0 spiro atoms. The van der Waals surface area contributed by atoms with E-state index in [-0.39, 0.29) is 6.10 Å². The minimum atomic E-state index is 0.217. The van der Waals surface area contributed by atoms with E-state index >= 15 is 0 Å². The summed E-state index contributed by atoms with van der Waals surface area (Å²) in [5.41, 5.74) is 6.83. The number of hydrogen-bond acceptors (Lipinski definition) is 2. The zero-order chi connectivity index (χ0) is 12.8. The fraction of sp³-hybridized carbons (Fsp3) is 0.500. The van der Waals surface area contributed by atoms with E-state index in [0.29, 0.717) is 10.9 Å². The van der Waals surface area contributed by atoms with Crippen LogP contribution in [0.5, 0.6) is 5.75 Å². The smallest absolute Gasteiger partial charge is 0.119 e. The molecule has 0 amide bonds. The van der Waals surface area contributed by atoms with Crippen LogP contribution in [0.1, 0.15) is 32.8 Å². The molecule has 1 aromatic rings. The van der Waals surface area contributed by atoms with Crippen molar-refractivity contribution in [3.8, 4) is 5.75 Å². The van der Waals surface area contributed by atoms with E-state index in [9.17, 15) is 0 Å². The molecule has 1 rings (SSSR count). The fourth-order valence-corrected chi connectivity index (χ4v) is 2.08. The van der Waals surface area contributed by atoms with Crippen molar-refractivity contribution in [3.05, 3.63) is 29.8 Å². The highest BCUT2D eigenvalue weighted by Gasteiger charge is 2.05. The highest BCUT2D eigenvalue weighted by molar-refractivity contribution is 7.80. The molecule has 1 atom stereocenters. The van der Waals surface area contributed by atoms with Crippen molar-refractivity contribution in [2.24, 2.45) is 11.7 Å². The molecule has 0 bridgehead atoms. The second kappa shape index (κ2) is 6.60. The first-order valence-electron chi connectivity index (χ1n) is 6.01. The molecule has 1 unspecified atom stereocenters. The van der Waals surface area contributed by atoms with Gasteiger partial charge in [0.2, 0.25) is 0 Å². The van der Waals surface area contributed by atoms with Crippen molar-refractivity contribution in [1.82, 2.24) is 0 Å². The summed E-state index contributed by atoms with van der Waals surface area (Å²) in [5, 5.41) is 0. The quantitative estimate of drug-likeness (QED) is 0.788. The van der Waals surface area contributed by atoms with Crippen molar-refractivity contribution in [2.45, 2.75) is 39.7 Å².